The van der Waals surface area contributed by atoms with E-state index >= 15 is 0 Å². The first-order chi connectivity index (χ1) is 8.99. The lowest BCUT2D eigenvalue weighted by Crippen LogP contribution is -2.45. The van der Waals surface area contributed by atoms with Gasteiger partial charge in [-0.05, 0) is 25.5 Å². The van der Waals surface area contributed by atoms with Crippen LogP contribution in [-0.2, 0) is 10.0 Å². The number of hydrogen-bond acceptors (Lipinski definition) is 6. The molecule has 0 amide bonds. The van der Waals surface area contributed by atoms with E-state index in [9.17, 15) is 18.5 Å². The van der Waals surface area contributed by atoms with Gasteiger partial charge in [-0.3, -0.25) is 10.1 Å². The Labute approximate surface area is 110 Å². The van der Waals surface area contributed by atoms with E-state index in [4.69, 9.17) is 0 Å². The Morgan fingerprint density at radius 1 is 1.47 bits per heavy atom. The lowest BCUT2D eigenvalue weighted by Gasteiger charge is -2.23. The summed E-state index contributed by atoms with van der Waals surface area (Å²) in [6.07, 6.45) is 2.60. The highest BCUT2D eigenvalue weighted by Gasteiger charge is 2.23. The Balaban J connectivity index is 2.12. The van der Waals surface area contributed by atoms with E-state index in [0.717, 1.165) is 37.7 Å². The van der Waals surface area contributed by atoms with Gasteiger partial charge in [-0.2, -0.15) is 0 Å². The Bertz CT molecular complexity index is 551. The number of nitro groups is 1. The summed E-state index contributed by atoms with van der Waals surface area (Å²) in [5.74, 6) is 0. The zero-order chi connectivity index (χ0) is 13.9. The van der Waals surface area contributed by atoms with Crippen molar-refractivity contribution in [2.75, 3.05) is 13.1 Å². The van der Waals surface area contributed by atoms with E-state index in [1.54, 1.807) is 0 Å². The first kappa shape index (κ1) is 13.8. The van der Waals surface area contributed by atoms with Crippen LogP contribution in [0.5, 0.6) is 0 Å². The molecule has 0 aliphatic carbocycles. The van der Waals surface area contributed by atoms with Crippen LogP contribution < -0.4 is 10.0 Å². The van der Waals surface area contributed by atoms with Gasteiger partial charge in [-0.1, -0.05) is 0 Å². The van der Waals surface area contributed by atoms with Crippen molar-refractivity contribution in [1.82, 2.24) is 15.0 Å². The summed E-state index contributed by atoms with van der Waals surface area (Å²) in [5.41, 5.74) is -0.238. The molecule has 1 aliphatic heterocycles. The third-order valence-electron chi connectivity index (χ3n) is 2.83. The van der Waals surface area contributed by atoms with E-state index in [1.807, 2.05) is 0 Å². The molecule has 2 N–H and O–H groups in total. The molecule has 0 aromatic carbocycles. The van der Waals surface area contributed by atoms with Crippen molar-refractivity contribution in [2.24, 2.45) is 0 Å². The molecule has 0 radical (unpaired) electrons. The molecule has 8 nitrogen and oxygen atoms in total. The molecule has 1 saturated heterocycles. The number of piperidine rings is 1. The maximum absolute atomic E-state index is 12.0. The van der Waals surface area contributed by atoms with Crippen LogP contribution in [0.3, 0.4) is 0 Å². The summed E-state index contributed by atoms with van der Waals surface area (Å²) in [6.45, 7) is 1.46. The summed E-state index contributed by atoms with van der Waals surface area (Å²) in [4.78, 5) is 13.5. The Hall–Kier alpha value is -1.58. The highest BCUT2D eigenvalue weighted by atomic mass is 32.2. The summed E-state index contributed by atoms with van der Waals surface area (Å²) in [5, 5.41) is 13.4. The van der Waals surface area contributed by atoms with Gasteiger partial charge in [0.15, 0.2) is 5.03 Å². The second-order valence-electron chi connectivity index (χ2n) is 4.28. The van der Waals surface area contributed by atoms with Crippen LogP contribution in [0.15, 0.2) is 23.4 Å². The van der Waals surface area contributed by atoms with Gasteiger partial charge in [0.1, 0.15) is 6.20 Å². The van der Waals surface area contributed by atoms with E-state index in [-0.39, 0.29) is 16.8 Å². The van der Waals surface area contributed by atoms with E-state index in [2.05, 4.69) is 15.0 Å². The van der Waals surface area contributed by atoms with Crippen molar-refractivity contribution in [3.8, 4) is 0 Å². The van der Waals surface area contributed by atoms with Crippen LogP contribution in [0.25, 0.3) is 0 Å². The lowest BCUT2D eigenvalue weighted by atomic mass is 10.1. The predicted octanol–water partition coefficient (Wildman–Crippen LogP) is 0.0201. The van der Waals surface area contributed by atoms with E-state index in [1.165, 1.54) is 0 Å². The molecule has 0 bridgehead atoms. The molecular weight excluding hydrogens is 272 g/mol. The van der Waals surface area contributed by atoms with Crippen LogP contribution in [0.4, 0.5) is 5.69 Å². The fraction of sp³-hybridized carbons (Fsp3) is 0.500. The summed E-state index contributed by atoms with van der Waals surface area (Å²) < 4.78 is 26.6. The Kier molecular flexibility index (Phi) is 4.08. The standard InChI is InChI=1S/C10H14N4O4S/c15-14(16)9-3-4-10(12-7-9)19(17,18)13-8-2-1-5-11-6-8/h3-4,7-8,11,13H,1-2,5-6H2/t8-/m0/s1. The monoisotopic (exact) mass is 286 g/mol. The zero-order valence-electron chi connectivity index (χ0n) is 10.1. The summed E-state index contributed by atoms with van der Waals surface area (Å²) in [6, 6.07) is 2.09. The van der Waals surface area contributed by atoms with Crippen molar-refractivity contribution in [3.63, 3.8) is 0 Å². The average molecular weight is 286 g/mol. The Morgan fingerprint density at radius 3 is 2.79 bits per heavy atom. The molecule has 1 fully saturated rings. The smallest absolute Gasteiger partial charge is 0.287 e. The maximum Gasteiger partial charge on any atom is 0.287 e. The largest absolute Gasteiger partial charge is 0.315 e. The molecule has 2 rings (SSSR count). The van der Waals surface area contributed by atoms with Crippen LogP contribution in [0.1, 0.15) is 12.8 Å². The van der Waals surface area contributed by atoms with Crippen molar-refractivity contribution >= 4 is 15.7 Å². The average Bonchev–Trinajstić information content (AvgIpc) is 2.39. The first-order valence-corrected chi connectivity index (χ1v) is 7.31. The van der Waals surface area contributed by atoms with Gasteiger partial charge in [-0.25, -0.2) is 18.1 Å². The van der Waals surface area contributed by atoms with Crippen molar-refractivity contribution < 1.29 is 13.3 Å². The normalized spacial score (nSPS) is 20.1. The molecule has 2 heterocycles. The maximum atomic E-state index is 12.0. The van der Waals surface area contributed by atoms with E-state index in [0.29, 0.717) is 6.54 Å². The second kappa shape index (κ2) is 5.59. The molecule has 1 aromatic heterocycles. The summed E-state index contributed by atoms with van der Waals surface area (Å²) in [7, 11) is -3.73. The molecule has 1 aromatic rings. The lowest BCUT2D eigenvalue weighted by molar-refractivity contribution is -0.385. The number of aromatic nitrogens is 1. The number of nitrogens with zero attached hydrogens (tertiary/aromatic N) is 2. The topological polar surface area (TPSA) is 114 Å². The van der Waals surface area contributed by atoms with E-state index < -0.39 is 14.9 Å². The highest BCUT2D eigenvalue weighted by molar-refractivity contribution is 7.89. The molecule has 19 heavy (non-hydrogen) atoms. The van der Waals surface area contributed by atoms with Gasteiger partial charge < -0.3 is 5.32 Å². The number of sulfonamides is 1. The van der Waals surface area contributed by atoms with Crippen molar-refractivity contribution in [2.45, 2.75) is 23.9 Å². The van der Waals surface area contributed by atoms with Gasteiger partial charge in [0.25, 0.3) is 15.7 Å². The second-order valence-corrected chi connectivity index (χ2v) is 5.94. The molecule has 0 saturated carbocycles. The minimum Gasteiger partial charge on any atom is -0.315 e. The highest BCUT2D eigenvalue weighted by Crippen LogP contribution is 2.13. The third-order valence-corrected chi connectivity index (χ3v) is 4.26. The Morgan fingerprint density at radius 2 is 2.26 bits per heavy atom. The van der Waals surface area contributed by atoms with Gasteiger partial charge in [0.05, 0.1) is 4.92 Å². The zero-order valence-corrected chi connectivity index (χ0v) is 10.9. The fourth-order valence-electron chi connectivity index (χ4n) is 1.87. The van der Waals surface area contributed by atoms with Crippen molar-refractivity contribution in [3.05, 3.63) is 28.4 Å². The molecular formula is C10H14N4O4S. The van der Waals surface area contributed by atoms with Gasteiger partial charge in [0, 0.05) is 18.7 Å². The molecule has 104 valence electrons. The minimum atomic E-state index is -3.73. The van der Waals surface area contributed by atoms with Gasteiger partial charge in [-0.15, -0.1) is 0 Å². The molecule has 0 unspecified atom stereocenters. The predicted molar refractivity (Wildman–Crippen MR) is 67.1 cm³/mol. The number of pyridine rings is 1. The number of rotatable bonds is 4. The van der Waals surface area contributed by atoms with Crippen LogP contribution in [0, 0.1) is 10.1 Å². The van der Waals surface area contributed by atoms with Crippen LogP contribution in [-0.4, -0.2) is 37.5 Å². The van der Waals surface area contributed by atoms with Crippen LogP contribution >= 0.6 is 0 Å². The van der Waals surface area contributed by atoms with Gasteiger partial charge in [0.2, 0.25) is 0 Å². The van der Waals surface area contributed by atoms with Gasteiger partial charge >= 0.3 is 0 Å². The summed E-state index contributed by atoms with van der Waals surface area (Å²) >= 11 is 0. The first-order valence-electron chi connectivity index (χ1n) is 5.82. The van der Waals surface area contributed by atoms with Crippen LogP contribution in [0.2, 0.25) is 0 Å². The fourth-order valence-corrected chi connectivity index (χ4v) is 3.07. The number of nitrogens with one attached hydrogen (secondary N) is 2. The SMILES string of the molecule is O=[N+]([O-])c1ccc(S(=O)(=O)N[C@H]2CCCNC2)nc1. The molecule has 1 atom stereocenters. The molecule has 1 aliphatic rings. The number of hydrogen-bond donors (Lipinski definition) is 2. The third kappa shape index (κ3) is 3.46. The molecule has 9 heteroatoms. The molecule has 0 spiro atoms. The van der Waals surface area contributed by atoms with Crippen molar-refractivity contribution in [1.29, 1.82) is 0 Å². The quantitative estimate of drug-likeness (QED) is 0.595. The minimum absolute atomic E-state index is 0.171.